The third-order valence-corrected chi connectivity index (χ3v) is 1.25. The van der Waals surface area contributed by atoms with Crippen molar-refractivity contribution >= 4 is 11.9 Å². The predicted octanol–water partition coefficient (Wildman–Crippen LogP) is -0.355. The number of aromatic nitrogens is 3. The second kappa shape index (κ2) is 3.82. The average Bonchev–Trinajstić information content (AvgIpc) is 2.52. The zero-order valence-corrected chi connectivity index (χ0v) is 6.66. The Hall–Kier alpha value is -1.43. The number of nitrogens with zero attached hydrogens (tertiary/aromatic N) is 2. The standard InChI is InChI=1S/C6H10N4O2/c1-2-5(12)8-6-7-4(3-11)9-10-6/h11H,2-3H2,1H3,(H2,7,8,9,10,12). The molecule has 3 N–H and O–H groups in total. The Labute approximate surface area is 69.0 Å². The van der Waals surface area contributed by atoms with Crippen molar-refractivity contribution in [2.24, 2.45) is 0 Å². The molecule has 0 spiro atoms. The Balaban J connectivity index is 2.58. The van der Waals surface area contributed by atoms with E-state index >= 15 is 0 Å². The van der Waals surface area contributed by atoms with Gasteiger partial charge in [-0.15, -0.1) is 5.10 Å². The van der Waals surface area contributed by atoms with Crippen molar-refractivity contribution in [3.05, 3.63) is 5.82 Å². The van der Waals surface area contributed by atoms with Crippen LogP contribution in [0.2, 0.25) is 0 Å². The summed E-state index contributed by atoms with van der Waals surface area (Å²) in [5.41, 5.74) is 0. The number of hydrogen-bond acceptors (Lipinski definition) is 4. The van der Waals surface area contributed by atoms with Crippen LogP contribution in [0.15, 0.2) is 0 Å². The molecule has 0 unspecified atom stereocenters. The van der Waals surface area contributed by atoms with Crippen LogP contribution in [0.5, 0.6) is 0 Å². The minimum absolute atomic E-state index is 0.154. The lowest BCUT2D eigenvalue weighted by Crippen LogP contribution is -2.10. The normalized spacial score (nSPS) is 9.83. The molecule has 0 radical (unpaired) electrons. The molecule has 0 saturated heterocycles. The van der Waals surface area contributed by atoms with E-state index < -0.39 is 0 Å². The van der Waals surface area contributed by atoms with Gasteiger partial charge in [0.25, 0.3) is 0 Å². The van der Waals surface area contributed by atoms with Gasteiger partial charge in [0, 0.05) is 6.42 Å². The minimum atomic E-state index is -0.213. The number of aliphatic hydroxyl groups excluding tert-OH is 1. The smallest absolute Gasteiger partial charge is 0.248 e. The molecule has 0 aliphatic carbocycles. The van der Waals surface area contributed by atoms with Crippen molar-refractivity contribution in [2.45, 2.75) is 20.0 Å². The molecule has 0 saturated carbocycles. The Bertz CT molecular complexity index is 270. The molecule has 6 heteroatoms. The first-order valence-electron chi connectivity index (χ1n) is 3.58. The fourth-order valence-electron chi connectivity index (χ4n) is 0.635. The quantitative estimate of drug-likeness (QED) is 0.578. The first kappa shape index (κ1) is 8.66. The van der Waals surface area contributed by atoms with Gasteiger partial charge in [0.2, 0.25) is 11.9 Å². The summed E-state index contributed by atoms with van der Waals surface area (Å²) in [6.07, 6.45) is 0.378. The van der Waals surface area contributed by atoms with Crippen LogP contribution < -0.4 is 5.32 Å². The second-order valence-electron chi connectivity index (χ2n) is 2.17. The minimum Gasteiger partial charge on any atom is -0.388 e. The van der Waals surface area contributed by atoms with Crippen LogP contribution in [0.25, 0.3) is 0 Å². The first-order valence-corrected chi connectivity index (χ1v) is 3.58. The van der Waals surface area contributed by atoms with Gasteiger partial charge in [-0.05, 0) is 0 Å². The molecular weight excluding hydrogens is 160 g/mol. The van der Waals surface area contributed by atoms with E-state index in [1.165, 1.54) is 0 Å². The van der Waals surface area contributed by atoms with Gasteiger partial charge < -0.3 is 5.11 Å². The summed E-state index contributed by atoms with van der Waals surface area (Å²) in [4.78, 5) is 14.6. The van der Waals surface area contributed by atoms with E-state index in [0.29, 0.717) is 12.2 Å². The van der Waals surface area contributed by atoms with E-state index in [9.17, 15) is 4.79 Å². The molecule has 1 heterocycles. The summed E-state index contributed by atoms with van der Waals surface area (Å²) < 4.78 is 0. The lowest BCUT2D eigenvalue weighted by atomic mass is 10.5. The van der Waals surface area contributed by atoms with Crippen LogP contribution in [0.3, 0.4) is 0 Å². The maximum absolute atomic E-state index is 10.8. The third kappa shape index (κ3) is 2.03. The second-order valence-corrected chi connectivity index (χ2v) is 2.17. The van der Waals surface area contributed by atoms with E-state index in [0.717, 1.165) is 0 Å². The van der Waals surface area contributed by atoms with Crippen molar-refractivity contribution in [3.63, 3.8) is 0 Å². The third-order valence-electron chi connectivity index (χ3n) is 1.25. The lowest BCUT2D eigenvalue weighted by Gasteiger charge is -1.94. The number of aromatic amines is 1. The molecule has 6 nitrogen and oxygen atoms in total. The Morgan fingerprint density at radius 2 is 2.50 bits per heavy atom. The molecule has 0 aromatic carbocycles. The molecule has 1 amide bonds. The lowest BCUT2D eigenvalue weighted by molar-refractivity contribution is -0.115. The van der Waals surface area contributed by atoms with Crippen molar-refractivity contribution in [1.29, 1.82) is 0 Å². The monoisotopic (exact) mass is 170 g/mol. The number of carbonyl (C=O) groups excluding carboxylic acids is 1. The molecule has 0 fully saturated rings. The molecule has 0 bridgehead atoms. The molecule has 12 heavy (non-hydrogen) atoms. The van der Waals surface area contributed by atoms with Crippen molar-refractivity contribution in [2.75, 3.05) is 5.32 Å². The van der Waals surface area contributed by atoms with Gasteiger partial charge in [0.1, 0.15) is 6.61 Å². The van der Waals surface area contributed by atoms with Crippen LogP contribution in [-0.4, -0.2) is 26.2 Å². The predicted molar refractivity (Wildman–Crippen MR) is 41.2 cm³/mol. The van der Waals surface area contributed by atoms with Gasteiger partial charge in [0.15, 0.2) is 5.82 Å². The number of aliphatic hydroxyl groups is 1. The SMILES string of the molecule is CCC(=O)Nc1n[nH]c(CO)n1. The summed E-state index contributed by atoms with van der Waals surface area (Å²) in [7, 11) is 0. The average molecular weight is 170 g/mol. The Morgan fingerprint density at radius 3 is 3.00 bits per heavy atom. The maximum Gasteiger partial charge on any atom is 0.248 e. The molecule has 0 aliphatic heterocycles. The van der Waals surface area contributed by atoms with E-state index in [-0.39, 0.29) is 18.5 Å². The van der Waals surface area contributed by atoms with Gasteiger partial charge in [-0.3, -0.25) is 15.2 Å². The van der Waals surface area contributed by atoms with Crippen LogP contribution in [0.4, 0.5) is 5.95 Å². The summed E-state index contributed by atoms with van der Waals surface area (Å²) in [6.45, 7) is 1.52. The fraction of sp³-hybridized carbons (Fsp3) is 0.500. The number of anilines is 1. The molecule has 0 atom stereocenters. The summed E-state index contributed by atoms with van der Waals surface area (Å²) in [5.74, 6) is 0.380. The van der Waals surface area contributed by atoms with Gasteiger partial charge in [-0.2, -0.15) is 4.98 Å². The number of amides is 1. The zero-order chi connectivity index (χ0) is 8.97. The number of hydrogen-bond donors (Lipinski definition) is 3. The number of nitrogens with one attached hydrogen (secondary N) is 2. The Morgan fingerprint density at radius 1 is 1.75 bits per heavy atom. The topological polar surface area (TPSA) is 90.9 Å². The molecule has 1 rings (SSSR count). The van der Waals surface area contributed by atoms with Crippen molar-refractivity contribution in [1.82, 2.24) is 15.2 Å². The zero-order valence-electron chi connectivity index (χ0n) is 6.66. The molecule has 1 aromatic heterocycles. The van der Waals surface area contributed by atoms with Gasteiger partial charge >= 0.3 is 0 Å². The molecular formula is C6H10N4O2. The summed E-state index contributed by atoms with van der Waals surface area (Å²) in [5, 5.41) is 17.1. The van der Waals surface area contributed by atoms with Gasteiger partial charge in [0.05, 0.1) is 0 Å². The summed E-state index contributed by atoms with van der Waals surface area (Å²) in [6, 6.07) is 0. The van der Waals surface area contributed by atoms with Crippen molar-refractivity contribution in [3.8, 4) is 0 Å². The van der Waals surface area contributed by atoms with Crippen LogP contribution >= 0.6 is 0 Å². The molecule has 0 aliphatic rings. The van der Waals surface area contributed by atoms with Crippen LogP contribution in [0, 0.1) is 0 Å². The van der Waals surface area contributed by atoms with Gasteiger partial charge in [-0.25, -0.2) is 0 Å². The highest BCUT2D eigenvalue weighted by molar-refractivity contribution is 5.88. The van der Waals surface area contributed by atoms with Crippen LogP contribution in [0.1, 0.15) is 19.2 Å². The van der Waals surface area contributed by atoms with E-state index in [1.807, 2.05) is 0 Å². The van der Waals surface area contributed by atoms with E-state index in [4.69, 9.17) is 5.11 Å². The van der Waals surface area contributed by atoms with Crippen LogP contribution in [-0.2, 0) is 11.4 Å². The Kier molecular flexibility index (Phi) is 2.76. The number of rotatable bonds is 3. The van der Waals surface area contributed by atoms with Crippen molar-refractivity contribution < 1.29 is 9.90 Å². The highest BCUT2D eigenvalue weighted by Crippen LogP contribution is 1.98. The number of carbonyl (C=O) groups is 1. The first-order chi connectivity index (χ1) is 5.76. The fourth-order valence-corrected chi connectivity index (χ4v) is 0.635. The van der Waals surface area contributed by atoms with Gasteiger partial charge in [-0.1, -0.05) is 6.92 Å². The number of H-pyrrole nitrogens is 1. The summed E-state index contributed by atoms with van der Waals surface area (Å²) >= 11 is 0. The highest BCUT2D eigenvalue weighted by Gasteiger charge is 2.03. The molecule has 66 valence electrons. The molecule has 1 aromatic rings. The maximum atomic E-state index is 10.8. The highest BCUT2D eigenvalue weighted by atomic mass is 16.3. The van der Waals surface area contributed by atoms with E-state index in [1.54, 1.807) is 6.92 Å². The van der Waals surface area contributed by atoms with E-state index in [2.05, 4.69) is 20.5 Å². The largest absolute Gasteiger partial charge is 0.388 e.